The van der Waals surface area contributed by atoms with E-state index in [1.807, 2.05) is 98.8 Å². The summed E-state index contributed by atoms with van der Waals surface area (Å²) in [7, 11) is -3.85. The molecule has 0 unspecified atom stereocenters. The van der Waals surface area contributed by atoms with Crippen LogP contribution in [0.5, 0.6) is 0 Å². The minimum absolute atomic E-state index is 0.156. The molecule has 0 spiro atoms. The van der Waals surface area contributed by atoms with Crippen molar-refractivity contribution in [1.82, 2.24) is 10.2 Å². The number of nitrogens with zero attached hydrogens (tertiary/aromatic N) is 2. The zero-order chi connectivity index (χ0) is 29.4. The molecule has 41 heavy (non-hydrogen) atoms. The van der Waals surface area contributed by atoms with Crippen LogP contribution in [0.2, 0.25) is 0 Å². The number of carbonyl (C=O) groups is 2. The Hall–Kier alpha value is -4.17. The number of sulfonamides is 1. The van der Waals surface area contributed by atoms with Crippen molar-refractivity contribution in [1.29, 1.82) is 0 Å². The van der Waals surface area contributed by atoms with Gasteiger partial charge in [0.2, 0.25) is 21.8 Å². The highest BCUT2D eigenvalue weighted by molar-refractivity contribution is 7.92. The second-order valence-corrected chi connectivity index (χ2v) is 12.2. The van der Waals surface area contributed by atoms with E-state index in [9.17, 15) is 18.0 Å². The van der Waals surface area contributed by atoms with Gasteiger partial charge in [-0.25, -0.2) is 8.42 Å². The van der Waals surface area contributed by atoms with E-state index in [4.69, 9.17) is 0 Å². The third kappa shape index (κ3) is 7.73. The van der Waals surface area contributed by atoms with Gasteiger partial charge in [0.05, 0.1) is 11.9 Å². The van der Waals surface area contributed by atoms with Crippen LogP contribution in [0, 0.1) is 6.92 Å². The average molecular weight is 572 g/mol. The van der Waals surface area contributed by atoms with Crippen molar-refractivity contribution in [2.45, 2.75) is 39.3 Å². The smallest absolute Gasteiger partial charge is 0.244 e. The lowest BCUT2D eigenvalue weighted by atomic mass is 10.0. The number of amides is 2. The molecule has 0 aliphatic carbocycles. The summed E-state index contributed by atoms with van der Waals surface area (Å²) >= 11 is 0. The molecule has 0 saturated carbocycles. The Morgan fingerprint density at radius 1 is 0.829 bits per heavy atom. The number of fused-ring (bicyclic) bond motifs is 1. The van der Waals surface area contributed by atoms with Crippen molar-refractivity contribution in [3.63, 3.8) is 0 Å². The van der Waals surface area contributed by atoms with E-state index in [1.165, 1.54) is 4.90 Å². The number of rotatable bonds is 12. The predicted octanol–water partition coefficient (Wildman–Crippen LogP) is 5.08. The topological polar surface area (TPSA) is 86.8 Å². The van der Waals surface area contributed by atoms with E-state index in [2.05, 4.69) is 5.32 Å². The number of hydrogen-bond acceptors (Lipinski definition) is 4. The zero-order valence-corrected chi connectivity index (χ0v) is 24.6. The first-order chi connectivity index (χ1) is 19.7. The fourth-order valence-electron chi connectivity index (χ4n) is 4.83. The van der Waals surface area contributed by atoms with E-state index in [0.29, 0.717) is 18.7 Å². The van der Waals surface area contributed by atoms with Crippen molar-refractivity contribution in [3.8, 4) is 0 Å². The van der Waals surface area contributed by atoms with Crippen LogP contribution in [0.4, 0.5) is 5.69 Å². The first-order valence-electron chi connectivity index (χ1n) is 13.8. The Balaban J connectivity index is 1.76. The van der Waals surface area contributed by atoms with Gasteiger partial charge in [0.25, 0.3) is 0 Å². The maximum Gasteiger partial charge on any atom is 0.244 e. The molecule has 0 aliphatic heterocycles. The summed E-state index contributed by atoms with van der Waals surface area (Å²) in [6.45, 7) is 4.14. The minimum Gasteiger partial charge on any atom is -0.354 e. The molecule has 2 amide bonds. The Morgan fingerprint density at radius 2 is 1.49 bits per heavy atom. The van der Waals surface area contributed by atoms with E-state index < -0.39 is 28.5 Å². The van der Waals surface area contributed by atoms with Crippen LogP contribution in [-0.2, 0) is 32.6 Å². The minimum atomic E-state index is -3.85. The molecule has 0 saturated heterocycles. The van der Waals surface area contributed by atoms with E-state index in [1.54, 1.807) is 12.1 Å². The third-order valence-electron chi connectivity index (χ3n) is 7.01. The van der Waals surface area contributed by atoms with Gasteiger partial charge >= 0.3 is 0 Å². The van der Waals surface area contributed by atoms with Gasteiger partial charge in [0.1, 0.15) is 12.6 Å². The Labute approximate surface area is 242 Å². The first-order valence-corrected chi connectivity index (χ1v) is 15.6. The summed E-state index contributed by atoms with van der Waals surface area (Å²) in [5, 5.41) is 4.54. The van der Waals surface area contributed by atoms with Crippen molar-refractivity contribution < 1.29 is 18.0 Å². The highest BCUT2D eigenvalue weighted by atomic mass is 32.2. The number of nitrogens with one attached hydrogen (secondary N) is 1. The number of aryl methyl sites for hydroxylation is 1. The van der Waals surface area contributed by atoms with E-state index in [-0.39, 0.29) is 12.5 Å². The molecule has 214 valence electrons. The number of anilines is 1. The van der Waals surface area contributed by atoms with Crippen LogP contribution < -0.4 is 9.62 Å². The molecule has 4 aromatic rings. The average Bonchev–Trinajstić information content (AvgIpc) is 2.97. The monoisotopic (exact) mass is 571 g/mol. The normalized spacial score (nSPS) is 12.1. The molecule has 7 nitrogen and oxygen atoms in total. The molecule has 1 N–H and O–H groups in total. The summed E-state index contributed by atoms with van der Waals surface area (Å²) in [6.07, 6.45) is 2.14. The molecule has 0 aliphatic rings. The van der Waals surface area contributed by atoms with Gasteiger partial charge in [0.15, 0.2) is 0 Å². The molecular formula is C33H37N3O4S. The quantitative estimate of drug-likeness (QED) is 0.257. The molecule has 0 bridgehead atoms. The van der Waals surface area contributed by atoms with Gasteiger partial charge in [-0.15, -0.1) is 0 Å². The molecule has 0 fully saturated rings. The molecule has 4 aromatic carbocycles. The van der Waals surface area contributed by atoms with Crippen LogP contribution in [0.1, 0.15) is 30.0 Å². The van der Waals surface area contributed by atoms with Gasteiger partial charge in [0, 0.05) is 24.9 Å². The van der Waals surface area contributed by atoms with Gasteiger partial charge in [-0.1, -0.05) is 103 Å². The molecule has 4 rings (SSSR count). The zero-order valence-electron chi connectivity index (χ0n) is 23.8. The Bertz CT molecular complexity index is 1580. The maximum absolute atomic E-state index is 14.2. The van der Waals surface area contributed by atoms with Crippen LogP contribution in [0.15, 0.2) is 97.1 Å². The second kappa shape index (κ2) is 13.5. The fraction of sp³-hybridized carbons (Fsp3) is 0.273. The molecule has 1 atom stereocenters. The predicted molar refractivity (Wildman–Crippen MR) is 165 cm³/mol. The number of carbonyl (C=O) groups excluding carboxylic acids is 2. The molecule has 0 aromatic heterocycles. The maximum atomic E-state index is 14.2. The standard InChI is InChI=1S/C33H37N3O4S/c1-4-21-34-33(38)31(22-26-11-6-5-7-12-26)35(23-27-19-17-25(2)18-20-27)32(37)24-36(41(3,39)40)30-16-10-14-28-13-8-9-15-29(28)30/h5-20,31H,4,21-24H2,1-3H3,(H,34,38)/t31-/m1/s1. The molecule has 8 heteroatoms. The highest BCUT2D eigenvalue weighted by Crippen LogP contribution is 2.29. The van der Waals surface area contributed by atoms with E-state index >= 15 is 0 Å². The summed E-state index contributed by atoms with van der Waals surface area (Å²) in [5.41, 5.74) is 3.25. The lowest BCUT2D eigenvalue weighted by Crippen LogP contribution is -2.53. The van der Waals surface area contributed by atoms with Crippen LogP contribution >= 0.6 is 0 Å². The summed E-state index contributed by atoms with van der Waals surface area (Å²) in [4.78, 5) is 29.3. The summed E-state index contributed by atoms with van der Waals surface area (Å²) in [5.74, 6) is -0.733. The van der Waals surface area contributed by atoms with Crippen molar-refractivity contribution in [2.75, 3.05) is 23.7 Å². The first kappa shape index (κ1) is 29.8. The molecular weight excluding hydrogens is 534 g/mol. The number of hydrogen-bond donors (Lipinski definition) is 1. The largest absolute Gasteiger partial charge is 0.354 e. The van der Waals surface area contributed by atoms with E-state index in [0.717, 1.165) is 44.4 Å². The number of benzene rings is 4. The van der Waals surface area contributed by atoms with Crippen LogP contribution in [0.3, 0.4) is 0 Å². The summed E-state index contributed by atoms with van der Waals surface area (Å²) in [6, 6.07) is 29.3. The van der Waals surface area contributed by atoms with Crippen molar-refractivity contribution in [3.05, 3.63) is 114 Å². The summed E-state index contributed by atoms with van der Waals surface area (Å²) < 4.78 is 27.4. The molecule has 0 radical (unpaired) electrons. The Kier molecular flexibility index (Phi) is 9.78. The highest BCUT2D eigenvalue weighted by Gasteiger charge is 2.33. The van der Waals surface area contributed by atoms with Crippen molar-refractivity contribution >= 4 is 38.3 Å². The van der Waals surface area contributed by atoms with Gasteiger partial charge in [-0.05, 0) is 35.9 Å². The Morgan fingerprint density at radius 3 is 2.17 bits per heavy atom. The van der Waals surface area contributed by atoms with Crippen LogP contribution in [-0.4, -0.2) is 50.5 Å². The third-order valence-corrected chi connectivity index (χ3v) is 8.13. The van der Waals surface area contributed by atoms with Crippen molar-refractivity contribution in [2.24, 2.45) is 0 Å². The van der Waals surface area contributed by atoms with Gasteiger partial charge < -0.3 is 10.2 Å². The SMILES string of the molecule is CCCNC(=O)[C@@H](Cc1ccccc1)N(Cc1ccc(C)cc1)C(=O)CN(c1cccc2ccccc12)S(C)(=O)=O. The molecule has 0 heterocycles. The van der Waals surface area contributed by atoms with Gasteiger partial charge in [-0.3, -0.25) is 13.9 Å². The lowest BCUT2D eigenvalue weighted by Gasteiger charge is -2.33. The lowest BCUT2D eigenvalue weighted by molar-refractivity contribution is -0.140. The van der Waals surface area contributed by atoms with Crippen LogP contribution in [0.25, 0.3) is 10.8 Å². The fourth-order valence-corrected chi connectivity index (χ4v) is 5.69. The second-order valence-electron chi connectivity index (χ2n) is 10.3. The van der Waals surface area contributed by atoms with Gasteiger partial charge in [-0.2, -0.15) is 0 Å².